The van der Waals surface area contributed by atoms with Crippen LogP contribution in [0.3, 0.4) is 0 Å². The van der Waals surface area contributed by atoms with E-state index in [1.165, 1.54) is 12.0 Å². The van der Waals surface area contributed by atoms with Crippen molar-refractivity contribution in [1.29, 1.82) is 0 Å². The van der Waals surface area contributed by atoms with E-state index in [2.05, 4.69) is 10.1 Å². The van der Waals surface area contributed by atoms with Gasteiger partial charge in [-0.15, -0.1) is 0 Å². The molecule has 2 N–H and O–H groups in total. The molecular weight excluding hydrogens is 464 g/mol. The van der Waals surface area contributed by atoms with E-state index in [0.29, 0.717) is 42.3 Å². The maximum absolute atomic E-state index is 12.6. The molecule has 9 heteroatoms. The summed E-state index contributed by atoms with van der Waals surface area (Å²) in [5.74, 6) is -0.0490. The molecule has 0 spiro atoms. The average molecular weight is 491 g/mol. The van der Waals surface area contributed by atoms with E-state index >= 15 is 0 Å². The molecule has 0 saturated carbocycles. The number of carbonyl (C=O) groups excluding carboxylic acids is 2. The van der Waals surface area contributed by atoms with Gasteiger partial charge in [-0.2, -0.15) is 0 Å². The number of hydrogen-bond acceptors (Lipinski definition) is 6. The first-order valence-corrected chi connectivity index (χ1v) is 11.3. The summed E-state index contributed by atoms with van der Waals surface area (Å²) in [5.41, 5.74) is 3.30. The Kier molecular flexibility index (Phi) is 7.82. The molecule has 1 unspecified atom stereocenters. The lowest BCUT2D eigenvalue weighted by Crippen LogP contribution is -2.41. The second-order valence-corrected chi connectivity index (χ2v) is 8.17. The summed E-state index contributed by atoms with van der Waals surface area (Å²) in [6.07, 6.45) is -1.30. The highest BCUT2D eigenvalue weighted by Gasteiger charge is 2.25. The molecule has 1 aliphatic rings. The van der Waals surface area contributed by atoms with Gasteiger partial charge in [-0.05, 0) is 59.7 Å². The number of nitrogens with zero attached hydrogens (tertiary/aromatic N) is 1. The highest BCUT2D eigenvalue weighted by atomic mass is 16.5. The number of benzene rings is 3. The summed E-state index contributed by atoms with van der Waals surface area (Å²) in [5, 5.41) is 12.0. The Hall–Kier alpha value is -4.37. The minimum absolute atomic E-state index is 0.265. The Morgan fingerprint density at radius 1 is 0.972 bits per heavy atom. The van der Waals surface area contributed by atoms with Crippen molar-refractivity contribution in [3.05, 3.63) is 95.1 Å². The van der Waals surface area contributed by atoms with E-state index in [-0.39, 0.29) is 18.6 Å². The molecular formula is C27H26N2O7. The Labute approximate surface area is 208 Å². The van der Waals surface area contributed by atoms with Gasteiger partial charge in [0.25, 0.3) is 5.91 Å². The van der Waals surface area contributed by atoms with Crippen LogP contribution in [0, 0.1) is 0 Å². The predicted octanol–water partition coefficient (Wildman–Crippen LogP) is 4.36. The first kappa shape index (κ1) is 24.7. The minimum Gasteiger partial charge on any atom is -0.489 e. The van der Waals surface area contributed by atoms with Gasteiger partial charge in [-0.3, -0.25) is 4.79 Å². The van der Waals surface area contributed by atoms with Gasteiger partial charge in [0.05, 0.1) is 25.8 Å². The lowest BCUT2D eigenvalue weighted by Gasteiger charge is -2.31. The van der Waals surface area contributed by atoms with E-state index in [9.17, 15) is 19.5 Å². The van der Waals surface area contributed by atoms with Crippen LogP contribution in [0.2, 0.25) is 0 Å². The van der Waals surface area contributed by atoms with Gasteiger partial charge < -0.3 is 29.5 Å². The van der Waals surface area contributed by atoms with Gasteiger partial charge in [0, 0.05) is 17.8 Å². The second kappa shape index (κ2) is 11.4. The van der Waals surface area contributed by atoms with Gasteiger partial charge in [-0.1, -0.05) is 24.3 Å². The van der Waals surface area contributed by atoms with Crippen LogP contribution in [0.25, 0.3) is 0 Å². The summed E-state index contributed by atoms with van der Waals surface area (Å²) in [7, 11) is 1.34. The predicted molar refractivity (Wildman–Crippen MR) is 131 cm³/mol. The number of amides is 2. The Bertz CT molecular complexity index is 1210. The van der Waals surface area contributed by atoms with Crippen molar-refractivity contribution in [1.82, 2.24) is 4.90 Å². The molecule has 1 aliphatic heterocycles. The number of hydrogen-bond donors (Lipinski definition) is 2. The zero-order valence-electron chi connectivity index (χ0n) is 19.7. The van der Waals surface area contributed by atoms with Crippen LogP contribution < -0.4 is 10.1 Å². The van der Waals surface area contributed by atoms with E-state index in [4.69, 9.17) is 9.47 Å². The van der Waals surface area contributed by atoms with Gasteiger partial charge in [0.1, 0.15) is 18.5 Å². The first-order valence-electron chi connectivity index (χ1n) is 11.3. The fourth-order valence-corrected chi connectivity index (χ4v) is 3.73. The van der Waals surface area contributed by atoms with Gasteiger partial charge >= 0.3 is 12.1 Å². The minimum atomic E-state index is -0.960. The van der Waals surface area contributed by atoms with Crippen molar-refractivity contribution < 1.29 is 33.7 Å². The molecule has 0 bridgehead atoms. The number of esters is 1. The number of carbonyl (C=O) groups is 3. The van der Waals surface area contributed by atoms with Crippen molar-refractivity contribution >= 4 is 23.7 Å². The molecule has 1 fully saturated rings. The fourth-order valence-electron chi connectivity index (χ4n) is 3.73. The van der Waals surface area contributed by atoms with Crippen LogP contribution in [0.5, 0.6) is 5.75 Å². The van der Waals surface area contributed by atoms with E-state index in [0.717, 1.165) is 11.1 Å². The van der Waals surface area contributed by atoms with Crippen molar-refractivity contribution in [2.75, 3.05) is 32.1 Å². The number of nitrogens with one attached hydrogen (secondary N) is 1. The Balaban J connectivity index is 1.29. The summed E-state index contributed by atoms with van der Waals surface area (Å²) < 4.78 is 16.1. The lowest BCUT2D eigenvalue weighted by atomic mass is 10.1. The first-order chi connectivity index (χ1) is 17.4. The number of methoxy groups -OCH3 is 1. The zero-order valence-corrected chi connectivity index (χ0v) is 19.7. The molecule has 1 saturated heterocycles. The van der Waals surface area contributed by atoms with Crippen LogP contribution >= 0.6 is 0 Å². The van der Waals surface area contributed by atoms with Gasteiger partial charge in [0.15, 0.2) is 0 Å². The molecule has 3 aromatic rings. The average Bonchev–Trinajstić information content (AvgIpc) is 2.92. The third kappa shape index (κ3) is 6.19. The van der Waals surface area contributed by atoms with Crippen LogP contribution in [0.1, 0.15) is 37.9 Å². The quantitative estimate of drug-likeness (QED) is 0.473. The highest BCUT2D eigenvalue weighted by Crippen LogP contribution is 2.24. The lowest BCUT2D eigenvalue weighted by molar-refractivity contribution is -0.0231. The second-order valence-electron chi connectivity index (χ2n) is 8.17. The SMILES string of the molecule is COC(=O)c1ccc(COc2ccc(C(=O)Nc3ccc(C4CN(C(=O)O)CCO4)cc3)cc2)cc1. The maximum Gasteiger partial charge on any atom is 0.407 e. The van der Waals surface area contributed by atoms with E-state index in [1.54, 1.807) is 60.7 Å². The molecule has 1 atom stereocenters. The third-order valence-corrected chi connectivity index (χ3v) is 5.77. The molecule has 9 nitrogen and oxygen atoms in total. The molecule has 36 heavy (non-hydrogen) atoms. The largest absolute Gasteiger partial charge is 0.489 e. The third-order valence-electron chi connectivity index (χ3n) is 5.77. The van der Waals surface area contributed by atoms with Crippen LogP contribution in [-0.2, 0) is 16.1 Å². The van der Waals surface area contributed by atoms with E-state index in [1.807, 2.05) is 12.1 Å². The summed E-state index contributed by atoms with van der Waals surface area (Å²) in [6, 6.07) is 20.9. The summed E-state index contributed by atoms with van der Waals surface area (Å²) in [4.78, 5) is 36.7. The number of anilines is 1. The van der Waals surface area contributed by atoms with E-state index < -0.39 is 12.1 Å². The molecule has 1 heterocycles. The smallest absolute Gasteiger partial charge is 0.407 e. The molecule has 2 amide bonds. The normalized spacial score (nSPS) is 15.1. The van der Waals surface area contributed by atoms with Crippen LogP contribution in [0.4, 0.5) is 10.5 Å². The zero-order chi connectivity index (χ0) is 25.5. The summed E-state index contributed by atoms with van der Waals surface area (Å²) >= 11 is 0. The number of morpholine rings is 1. The van der Waals surface area contributed by atoms with Crippen LogP contribution in [0.15, 0.2) is 72.8 Å². The molecule has 186 valence electrons. The Morgan fingerprint density at radius 2 is 1.64 bits per heavy atom. The van der Waals surface area contributed by atoms with Gasteiger partial charge in [0.2, 0.25) is 0 Å². The van der Waals surface area contributed by atoms with Crippen LogP contribution in [-0.4, -0.2) is 54.8 Å². The maximum atomic E-state index is 12.6. The molecule has 0 radical (unpaired) electrons. The molecule has 4 rings (SSSR count). The number of rotatable bonds is 7. The molecule has 3 aromatic carbocycles. The van der Waals surface area contributed by atoms with Crippen molar-refractivity contribution in [2.24, 2.45) is 0 Å². The number of carboxylic acid groups (broad SMARTS) is 1. The van der Waals surface area contributed by atoms with Gasteiger partial charge in [-0.25, -0.2) is 9.59 Å². The standard InChI is InChI=1S/C27H26N2O7/c1-34-26(31)21-4-2-18(3-5-21)17-36-23-12-8-20(9-13-23)25(30)28-22-10-6-19(7-11-22)24-16-29(27(32)33)14-15-35-24/h2-13,24H,14-17H2,1H3,(H,28,30)(H,32,33). The molecule has 0 aliphatic carbocycles. The Morgan fingerprint density at radius 3 is 2.28 bits per heavy atom. The summed E-state index contributed by atoms with van der Waals surface area (Å²) in [6.45, 7) is 1.29. The van der Waals surface area contributed by atoms with Crippen molar-refractivity contribution in [2.45, 2.75) is 12.7 Å². The fraction of sp³-hybridized carbons (Fsp3) is 0.222. The van der Waals surface area contributed by atoms with Crippen molar-refractivity contribution in [3.63, 3.8) is 0 Å². The van der Waals surface area contributed by atoms with Crippen molar-refractivity contribution in [3.8, 4) is 5.75 Å². The topological polar surface area (TPSA) is 114 Å². The monoisotopic (exact) mass is 490 g/mol. The molecule has 0 aromatic heterocycles. The highest BCUT2D eigenvalue weighted by molar-refractivity contribution is 6.04. The number of ether oxygens (including phenoxy) is 3.